The number of rotatable bonds is 7. The Labute approximate surface area is 127 Å². The van der Waals surface area contributed by atoms with Crippen molar-refractivity contribution < 1.29 is 14.7 Å². The summed E-state index contributed by atoms with van der Waals surface area (Å²) >= 11 is 11.8. The second-order valence-electron chi connectivity index (χ2n) is 4.22. The molecule has 0 aliphatic heterocycles. The van der Waals surface area contributed by atoms with Gasteiger partial charge in [-0.1, -0.05) is 35.3 Å². The maximum absolute atomic E-state index is 11.7. The van der Waals surface area contributed by atoms with Crippen molar-refractivity contribution in [3.05, 3.63) is 46.5 Å². The fourth-order valence-electron chi connectivity index (χ4n) is 1.63. The highest BCUT2D eigenvalue weighted by Gasteiger charge is 2.18. The number of carboxylic acids is 1. The average molecular weight is 316 g/mol. The van der Waals surface area contributed by atoms with Crippen molar-refractivity contribution in [2.24, 2.45) is 0 Å². The van der Waals surface area contributed by atoms with E-state index < -0.39 is 12.0 Å². The zero-order valence-electron chi connectivity index (χ0n) is 10.7. The number of amides is 1. The third-order valence-corrected chi connectivity index (χ3v) is 3.26. The molecule has 0 fully saturated rings. The number of benzene rings is 1. The molecule has 1 unspecified atom stereocenters. The number of aryl methyl sites for hydroxylation is 1. The fraction of sp³-hybridized carbons (Fsp3) is 0.286. The van der Waals surface area contributed by atoms with E-state index in [1.807, 2.05) is 0 Å². The van der Waals surface area contributed by atoms with Crippen LogP contribution in [0.5, 0.6) is 0 Å². The fourth-order valence-corrected chi connectivity index (χ4v) is 2.13. The van der Waals surface area contributed by atoms with Gasteiger partial charge in [-0.2, -0.15) is 0 Å². The molecule has 0 saturated heterocycles. The predicted octanol–water partition coefficient (Wildman–Crippen LogP) is 3.07. The van der Waals surface area contributed by atoms with Gasteiger partial charge in [-0.25, -0.2) is 4.79 Å². The van der Waals surface area contributed by atoms with Gasteiger partial charge in [0.25, 0.3) is 0 Å². The molecular formula is C14H15Cl2NO3. The van der Waals surface area contributed by atoms with E-state index in [0.717, 1.165) is 5.56 Å². The summed E-state index contributed by atoms with van der Waals surface area (Å²) in [7, 11) is 0. The van der Waals surface area contributed by atoms with Crippen LogP contribution in [0.4, 0.5) is 0 Å². The quantitative estimate of drug-likeness (QED) is 0.760. The summed E-state index contributed by atoms with van der Waals surface area (Å²) in [5.41, 5.74) is 0.793. The molecule has 6 heteroatoms. The van der Waals surface area contributed by atoms with Crippen molar-refractivity contribution in [1.82, 2.24) is 5.32 Å². The lowest BCUT2D eigenvalue weighted by molar-refractivity contribution is -0.141. The lowest BCUT2D eigenvalue weighted by atomic mass is 10.1. The number of nitrogens with one attached hydrogen (secondary N) is 1. The van der Waals surface area contributed by atoms with Gasteiger partial charge in [-0.15, -0.1) is 6.58 Å². The summed E-state index contributed by atoms with van der Waals surface area (Å²) in [6.07, 6.45) is 2.21. The normalized spacial score (nSPS) is 11.7. The largest absolute Gasteiger partial charge is 0.480 e. The van der Waals surface area contributed by atoms with Crippen LogP contribution in [0.1, 0.15) is 18.4 Å². The molecule has 1 aromatic carbocycles. The number of carbonyl (C=O) groups excluding carboxylic acids is 1. The lowest BCUT2D eigenvalue weighted by Gasteiger charge is -2.12. The molecular weight excluding hydrogens is 301 g/mol. The highest BCUT2D eigenvalue weighted by molar-refractivity contribution is 6.35. The number of carboxylic acid groups (broad SMARTS) is 1. The maximum Gasteiger partial charge on any atom is 0.326 e. The van der Waals surface area contributed by atoms with Crippen molar-refractivity contribution in [1.29, 1.82) is 0 Å². The van der Waals surface area contributed by atoms with E-state index in [1.54, 1.807) is 18.2 Å². The molecule has 0 bridgehead atoms. The first-order valence-corrected chi connectivity index (χ1v) is 6.76. The number of hydrogen-bond acceptors (Lipinski definition) is 2. The van der Waals surface area contributed by atoms with Crippen molar-refractivity contribution in [2.45, 2.75) is 25.3 Å². The van der Waals surface area contributed by atoms with Gasteiger partial charge in [0.1, 0.15) is 6.04 Å². The Morgan fingerprint density at radius 2 is 2.10 bits per heavy atom. The van der Waals surface area contributed by atoms with Crippen LogP contribution < -0.4 is 5.32 Å². The molecule has 0 aliphatic rings. The molecule has 1 aromatic rings. The molecule has 1 atom stereocenters. The third kappa shape index (κ3) is 5.23. The van der Waals surface area contributed by atoms with Crippen LogP contribution in [-0.4, -0.2) is 23.0 Å². The van der Waals surface area contributed by atoms with Gasteiger partial charge in [-0.05, 0) is 30.5 Å². The number of carbonyl (C=O) groups is 2. The van der Waals surface area contributed by atoms with Gasteiger partial charge in [0.15, 0.2) is 0 Å². The topological polar surface area (TPSA) is 66.4 Å². The minimum Gasteiger partial charge on any atom is -0.480 e. The summed E-state index contributed by atoms with van der Waals surface area (Å²) in [4.78, 5) is 22.6. The molecule has 4 nitrogen and oxygen atoms in total. The lowest BCUT2D eigenvalue weighted by Crippen LogP contribution is -2.40. The monoisotopic (exact) mass is 315 g/mol. The van der Waals surface area contributed by atoms with Crippen molar-refractivity contribution in [2.75, 3.05) is 0 Å². The molecule has 0 aromatic heterocycles. The van der Waals surface area contributed by atoms with E-state index in [1.165, 1.54) is 6.08 Å². The third-order valence-electron chi connectivity index (χ3n) is 2.67. The van der Waals surface area contributed by atoms with Crippen molar-refractivity contribution >= 4 is 35.1 Å². The minimum absolute atomic E-state index is 0.155. The van der Waals surface area contributed by atoms with Gasteiger partial charge in [0.2, 0.25) is 5.91 Å². The molecule has 108 valence electrons. The summed E-state index contributed by atoms with van der Waals surface area (Å²) in [5, 5.41) is 12.4. The first-order chi connectivity index (χ1) is 9.43. The van der Waals surface area contributed by atoms with E-state index in [9.17, 15) is 9.59 Å². The maximum atomic E-state index is 11.7. The standard InChI is InChI=1S/C14H15Cl2NO3/c1-2-3-12(14(19)20)17-13(18)7-5-9-4-6-10(15)8-11(9)16/h2,4,6,8,12H,1,3,5,7H2,(H,17,18)(H,19,20). The molecule has 0 aliphatic carbocycles. The van der Waals surface area contributed by atoms with Gasteiger partial charge in [0, 0.05) is 16.5 Å². The van der Waals surface area contributed by atoms with E-state index in [0.29, 0.717) is 16.5 Å². The van der Waals surface area contributed by atoms with E-state index >= 15 is 0 Å². The van der Waals surface area contributed by atoms with E-state index in [-0.39, 0.29) is 18.7 Å². The molecule has 0 heterocycles. The molecule has 0 radical (unpaired) electrons. The Bertz CT molecular complexity index is 517. The van der Waals surface area contributed by atoms with Gasteiger partial charge >= 0.3 is 5.97 Å². The van der Waals surface area contributed by atoms with Gasteiger partial charge < -0.3 is 10.4 Å². The number of aliphatic carboxylic acids is 1. The van der Waals surface area contributed by atoms with Crippen LogP contribution in [0.2, 0.25) is 10.0 Å². The molecule has 1 rings (SSSR count). The highest BCUT2D eigenvalue weighted by Crippen LogP contribution is 2.22. The Morgan fingerprint density at radius 3 is 2.65 bits per heavy atom. The summed E-state index contributed by atoms with van der Waals surface area (Å²) in [6.45, 7) is 3.46. The van der Waals surface area contributed by atoms with Gasteiger partial charge in [0.05, 0.1) is 0 Å². The summed E-state index contributed by atoms with van der Waals surface area (Å²) in [6, 6.07) is 4.10. The molecule has 2 N–H and O–H groups in total. The number of hydrogen-bond donors (Lipinski definition) is 2. The van der Waals surface area contributed by atoms with Crippen LogP contribution in [0, 0.1) is 0 Å². The summed E-state index contributed by atoms with van der Waals surface area (Å²) < 4.78 is 0. The second-order valence-corrected chi connectivity index (χ2v) is 5.06. The molecule has 20 heavy (non-hydrogen) atoms. The summed E-state index contributed by atoms with van der Waals surface area (Å²) in [5.74, 6) is -1.42. The zero-order valence-corrected chi connectivity index (χ0v) is 12.2. The number of halogens is 2. The second kappa shape index (κ2) is 7.92. The van der Waals surface area contributed by atoms with Crippen LogP contribution in [0.25, 0.3) is 0 Å². The van der Waals surface area contributed by atoms with Crippen molar-refractivity contribution in [3.63, 3.8) is 0 Å². The average Bonchev–Trinajstić information content (AvgIpc) is 2.37. The molecule has 1 amide bonds. The minimum atomic E-state index is -1.08. The van der Waals surface area contributed by atoms with E-state index in [2.05, 4.69) is 11.9 Å². The Balaban J connectivity index is 2.54. The molecule has 0 spiro atoms. The van der Waals surface area contributed by atoms with Crippen LogP contribution in [0.15, 0.2) is 30.9 Å². The highest BCUT2D eigenvalue weighted by atomic mass is 35.5. The Morgan fingerprint density at radius 1 is 1.40 bits per heavy atom. The SMILES string of the molecule is C=CCC(NC(=O)CCc1ccc(Cl)cc1Cl)C(=O)O. The van der Waals surface area contributed by atoms with E-state index in [4.69, 9.17) is 28.3 Å². The Hall–Kier alpha value is -1.52. The zero-order chi connectivity index (χ0) is 15.1. The first kappa shape index (κ1) is 16.5. The van der Waals surface area contributed by atoms with Crippen LogP contribution in [-0.2, 0) is 16.0 Å². The Kier molecular flexibility index (Phi) is 6.55. The van der Waals surface area contributed by atoms with Crippen LogP contribution in [0.3, 0.4) is 0 Å². The first-order valence-electron chi connectivity index (χ1n) is 6.01. The van der Waals surface area contributed by atoms with Crippen LogP contribution >= 0.6 is 23.2 Å². The smallest absolute Gasteiger partial charge is 0.326 e. The molecule has 0 saturated carbocycles. The predicted molar refractivity (Wildman–Crippen MR) is 79.2 cm³/mol. The van der Waals surface area contributed by atoms with Crippen molar-refractivity contribution in [3.8, 4) is 0 Å². The van der Waals surface area contributed by atoms with Gasteiger partial charge in [-0.3, -0.25) is 4.79 Å².